The number of nitrogens with one attached hydrogen (secondary N) is 1. The van der Waals surface area contributed by atoms with Gasteiger partial charge in [0, 0.05) is 17.8 Å². The number of nitriles is 1. The van der Waals surface area contributed by atoms with Gasteiger partial charge in [0.05, 0.1) is 18.2 Å². The molecule has 146 valence electrons. The monoisotopic (exact) mass is 380 g/mol. The summed E-state index contributed by atoms with van der Waals surface area (Å²) >= 11 is 0. The molecule has 1 aromatic heterocycles. The summed E-state index contributed by atoms with van der Waals surface area (Å²) in [6.45, 7) is 3.92. The third-order valence-electron chi connectivity index (χ3n) is 4.28. The van der Waals surface area contributed by atoms with Gasteiger partial charge in [-0.05, 0) is 56.0 Å². The Balaban J connectivity index is 2.21. The zero-order valence-corrected chi connectivity index (χ0v) is 16.1. The lowest BCUT2D eigenvalue weighted by molar-refractivity contribution is 0.111. The van der Waals surface area contributed by atoms with Gasteiger partial charge in [-0.2, -0.15) is 5.26 Å². The minimum atomic E-state index is -0.355. The first-order valence-corrected chi connectivity index (χ1v) is 9.16. The van der Waals surface area contributed by atoms with E-state index in [9.17, 15) is 14.7 Å². The molecule has 2 rings (SSSR count). The number of aldehydes is 1. The minimum absolute atomic E-state index is 0.137. The predicted molar refractivity (Wildman–Crippen MR) is 107 cm³/mol. The fraction of sp³-hybridized carbons (Fsp3) is 0.333. The smallest absolute Gasteiger partial charge is 0.327 e. The Morgan fingerprint density at radius 3 is 2.89 bits per heavy atom. The highest BCUT2D eigenvalue weighted by atomic mass is 16.3. The van der Waals surface area contributed by atoms with Gasteiger partial charge in [-0.25, -0.2) is 9.78 Å². The molecule has 0 bridgehead atoms. The fourth-order valence-corrected chi connectivity index (χ4v) is 2.85. The number of pyridine rings is 1. The molecule has 2 N–H and O–H groups in total. The molecule has 0 saturated heterocycles. The third kappa shape index (κ3) is 5.15. The summed E-state index contributed by atoms with van der Waals surface area (Å²) in [6.07, 6.45) is 9.83. The largest absolute Gasteiger partial charge is 0.392 e. The van der Waals surface area contributed by atoms with Crippen molar-refractivity contribution in [3.63, 3.8) is 0 Å². The molecule has 1 aromatic rings. The molecule has 0 radical (unpaired) electrons. The number of anilines is 1. The van der Waals surface area contributed by atoms with Crippen LogP contribution in [-0.2, 0) is 13.0 Å². The minimum Gasteiger partial charge on any atom is -0.392 e. The first kappa shape index (κ1) is 21.1. The summed E-state index contributed by atoms with van der Waals surface area (Å²) in [5.74, 6) is 0.440. The quantitative estimate of drug-likeness (QED) is 0.448. The molecule has 0 aliphatic carbocycles. The van der Waals surface area contributed by atoms with Crippen LogP contribution in [0.1, 0.15) is 48.3 Å². The Hall–Kier alpha value is -3.24. The van der Waals surface area contributed by atoms with Crippen LogP contribution in [-0.4, -0.2) is 29.0 Å². The number of allylic oxidation sites excluding steroid dienone is 6. The van der Waals surface area contributed by atoms with Gasteiger partial charge in [0.15, 0.2) is 6.29 Å². The second-order valence-electron chi connectivity index (χ2n) is 6.37. The van der Waals surface area contributed by atoms with Crippen molar-refractivity contribution >= 4 is 18.1 Å². The first-order chi connectivity index (χ1) is 13.5. The van der Waals surface area contributed by atoms with Crippen LogP contribution in [0.25, 0.3) is 0 Å². The summed E-state index contributed by atoms with van der Waals surface area (Å²) in [6, 6.07) is 3.47. The zero-order valence-electron chi connectivity index (χ0n) is 16.1. The van der Waals surface area contributed by atoms with Crippen molar-refractivity contribution in [2.45, 2.75) is 39.7 Å². The number of hydrogen-bond acceptors (Lipinski definition) is 5. The zero-order chi connectivity index (χ0) is 20.5. The standard InChI is InChI=1S/C21H24N4O3/c1-3-4-6-16(12-22)9-8-15(2)23-21(28)25-10-5-7-17-11-18(13-26)19(14-27)24-20(17)25/h4,6,8-9,11,14,26H,3,5,7,10,13H2,1-2H3,(H,23,28)/b6-4+,15-8+,16-9+. The maximum absolute atomic E-state index is 12.7. The number of carbonyl (C=O) groups excluding carboxylic acids is 2. The van der Waals surface area contributed by atoms with Crippen molar-refractivity contribution in [1.29, 1.82) is 5.26 Å². The fourth-order valence-electron chi connectivity index (χ4n) is 2.85. The van der Waals surface area contributed by atoms with E-state index < -0.39 is 0 Å². The number of aryl methyl sites for hydroxylation is 1. The maximum Gasteiger partial charge on any atom is 0.327 e. The Morgan fingerprint density at radius 1 is 1.46 bits per heavy atom. The Morgan fingerprint density at radius 2 is 2.25 bits per heavy atom. The van der Waals surface area contributed by atoms with E-state index in [0.29, 0.717) is 35.5 Å². The average molecular weight is 380 g/mol. The second-order valence-corrected chi connectivity index (χ2v) is 6.37. The Labute approximate surface area is 164 Å². The van der Waals surface area contributed by atoms with E-state index in [2.05, 4.69) is 16.4 Å². The highest BCUT2D eigenvalue weighted by molar-refractivity contribution is 5.93. The van der Waals surface area contributed by atoms with E-state index >= 15 is 0 Å². The van der Waals surface area contributed by atoms with Crippen LogP contribution >= 0.6 is 0 Å². The molecular formula is C21H24N4O3. The number of hydrogen-bond donors (Lipinski definition) is 2. The van der Waals surface area contributed by atoms with Gasteiger partial charge in [-0.15, -0.1) is 0 Å². The van der Waals surface area contributed by atoms with E-state index in [1.54, 1.807) is 31.2 Å². The van der Waals surface area contributed by atoms with Crippen molar-refractivity contribution < 1.29 is 14.7 Å². The number of aromatic nitrogens is 1. The second kappa shape index (κ2) is 10.2. The lowest BCUT2D eigenvalue weighted by Gasteiger charge is -2.29. The van der Waals surface area contributed by atoms with Crippen molar-refractivity contribution in [3.8, 4) is 6.07 Å². The molecule has 0 atom stereocenters. The Kier molecular flexibility index (Phi) is 7.66. The van der Waals surface area contributed by atoms with E-state index in [4.69, 9.17) is 5.26 Å². The molecular weight excluding hydrogens is 356 g/mol. The maximum atomic E-state index is 12.7. The molecule has 0 spiro atoms. The van der Waals surface area contributed by atoms with Crippen LogP contribution in [0.15, 0.2) is 41.6 Å². The number of urea groups is 1. The molecule has 28 heavy (non-hydrogen) atoms. The van der Waals surface area contributed by atoms with E-state index in [1.807, 2.05) is 13.0 Å². The molecule has 1 aliphatic heterocycles. The first-order valence-electron chi connectivity index (χ1n) is 9.16. The topological polar surface area (TPSA) is 106 Å². The van der Waals surface area contributed by atoms with E-state index in [-0.39, 0.29) is 18.3 Å². The molecule has 0 aromatic carbocycles. The van der Waals surface area contributed by atoms with Crippen LogP contribution in [0.2, 0.25) is 0 Å². The van der Waals surface area contributed by atoms with Gasteiger partial charge in [0.1, 0.15) is 11.5 Å². The van der Waals surface area contributed by atoms with E-state index in [0.717, 1.165) is 24.8 Å². The summed E-state index contributed by atoms with van der Waals surface area (Å²) in [7, 11) is 0. The molecule has 7 nitrogen and oxygen atoms in total. The number of aliphatic hydroxyl groups excluding tert-OH is 1. The number of fused-ring (bicyclic) bond motifs is 1. The van der Waals surface area contributed by atoms with Crippen molar-refractivity contribution in [2.24, 2.45) is 0 Å². The van der Waals surface area contributed by atoms with Crippen LogP contribution < -0.4 is 10.2 Å². The molecule has 0 saturated carbocycles. The average Bonchev–Trinajstić information content (AvgIpc) is 2.72. The number of nitrogens with zero attached hydrogens (tertiary/aromatic N) is 3. The van der Waals surface area contributed by atoms with Crippen LogP contribution in [0.3, 0.4) is 0 Å². The number of aliphatic hydroxyl groups is 1. The Bertz CT molecular complexity index is 878. The van der Waals surface area contributed by atoms with Crippen LogP contribution in [0.5, 0.6) is 0 Å². The van der Waals surface area contributed by atoms with E-state index in [1.165, 1.54) is 4.90 Å². The summed E-state index contributed by atoms with van der Waals surface area (Å²) in [5, 5.41) is 21.3. The lowest BCUT2D eigenvalue weighted by atomic mass is 10.0. The van der Waals surface area contributed by atoms with Crippen molar-refractivity contribution in [1.82, 2.24) is 10.3 Å². The van der Waals surface area contributed by atoms with Crippen molar-refractivity contribution in [3.05, 3.63) is 58.5 Å². The number of rotatable bonds is 6. The molecule has 0 unspecified atom stereocenters. The third-order valence-corrected chi connectivity index (χ3v) is 4.28. The van der Waals surface area contributed by atoms with Crippen LogP contribution in [0, 0.1) is 11.3 Å². The van der Waals surface area contributed by atoms with Crippen LogP contribution in [0.4, 0.5) is 10.6 Å². The summed E-state index contributed by atoms with van der Waals surface area (Å²) < 4.78 is 0. The normalized spacial score (nSPS) is 14.6. The number of amides is 2. The molecule has 1 aliphatic rings. The highest BCUT2D eigenvalue weighted by Gasteiger charge is 2.25. The molecule has 7 heteroatoms. The van der Waals surface area contributed by atoms with Crippen molar-refractivity contribution in [2.75, 3.05) is 11.4 Å². The van der Waals surface area contributed by atoms with Gasteiger partial charge in [0.2, 0.25) is 0 Å². The summed E-state index contributed by atoms with van der Waals surface area (Å²) in [4.78, 5) is 29.7. The van der Waals surface area contributed by atoms with Gasteiger partial charge in [-0.1, -0.05) is 13.0 Å². The van der Waals surface area contributed by atoms with Gasteiger partial charge >= 0.3 is 6.03 Å². The molecule has 2 amide bonds. The SMILES string of the molecule is CC/C=C/C(C#N)=C\C=C(/C)NC(=O)N1CCCc2cc(CO)c(C=O)nc21. The van der Waals surface area contributed by atoms with Gasteiger partial charge < -0.3 is 10.4 Å². The predicted octanol–water partition coefficient (Wildman–Crippen LogP) is 3.17. The molecule has 2 heterocycles. The molecule has 0 fully saturated rings. The number of carbonyl (C=O) groups is 2. The van der Waals surface area contributed by atoms with Gasteiger partial charge in [-0.3, -0.25) is 9.69 Å². The lowest BCUT2D eigenvalue weighted by Crippen LogP contribution is -2.43. The van der Waals surface area contributed by atoms with Gasteiger partial charge in [0.25, 0.3) is 0 Å². The summed E-state index contributed by atoms with van der Waals surface area (Å²) in [5.41, 5.74) is 2.50. The highest BCUT2D eigenvalue weighted by Crippen LogP contribution is 2.27.